The molecule has 1 heterocycles. The molecular formula is C27H24ClNO5. The Hall–Kier alpha value is -3.52. The average molecular weight is 478 g/mol. The first-order chi connectivity index (χ1) is 16.2. The Morgan fingerprint density at radius 3 is 1.74 bits per heavy atom. The Kier molecular flexibility index (Phi) is 8.54. The van der Waals surface area contributed by atoms with Crippen LogP contribution in [0.25, 0.3) is 34.5 Å². The lowest BCUT2D eigenvalue weighted by Crippen LogP contribution is -2.68. The lowest BCUT2D eigenvalue weighted by atomic mass is 10.0. The standard InChI is InChI=1S/C27H24NO.ClHO4/c1-28-25(16-13-21-14-17-26(29-2)18-15-21)19-24(22-9-5-3-6-10-22)20-27(28)23-11-7-4-8-12-23;2-1(3,4)5/h3-20H,1-2H3;(H,2,3,4,5)/q+1;/p-1/b16-13-;. The number of aromatic nitrogens is 1. The van der Waals surface area contributed by atoms with Crippen LogP contribution in [-0.4, -0.2) is 7.11 Å². The predicted octanol–water partition coefficient (Wildman–Crippen LogP) is 1.27. The number of halogens is 1. The summed E-state index contributed by atoms with van der Waals surface area (Å²) in [5.41, 5.74) is 7.08. The lowest BCUT2D eigenvalue weighted by Gasteiger charge is -2.17. The van der Waals surface area contributed by atoms with E-state index in [2.05, 4.69) is 109 Å². The van der Waals surface area contributed by atoms with E-state index in [0.717, 1.165) is 17.0 Å². The van der Waals surface area contributed by atoms with Gasteiger partial charge in [-0.05, 0) is 47.0 Å². The van der Waals surface area contributed by atoms with Gasteiger partial charge in [-0.15, -0.1) is 10.2 Å². The number of nitrogens with zero attached hydrogens (tertiary/aromatic N) is 1. The molecule has 0 amide bonds. The van der Waals surface area contributed by atoms with E-state index in [1.54, 1.807) is 7.11 Å². The maximum absolute atomic E-state index is 8.49. The minimum absolute atomic E-state index is 0.866. The number of hydrogen-bond donors (Lipinski definition) is 0. The van der Waals surface area contributed by atoms with Gasteiger partial charge in [0, 0.05) is 23.8 Å². The number of benzene rings is 3. The minimum Gasteiger partial charge on any atom is -0.497 e. The minimum atomic E-state index is -4.94. The predicted molar refractivity (Wildman–Crippen MR) is 120 cm³/mol. The largest absolute Gasteiger partial charge is 0.497 e. The van der Waals surface area contributed by atoms with Crippen molar-refractivity contribution in [2.24, 2.45) is 7.05 Å². The Morgan fingerprint density at radius 1 is 0.676 bits per heavy atom. The van der Waals surface area contributed by atoms with Crippen molar-refractivity contribution in [2.45, 2.75) is 0 Å². The molecule has 4 aromatic rings. The van der Waals surface area contributed by atoms with Gasteiger partial charge in [0.15, 0.2) is 0 Å². The van der Waals surface area contributed by atoms with Crippen LogP contribution in [0.2, 0.25) is 0 Å². The first-order valence-corrected chi connectivity index (χ1v) is 11.6. The summed E-state index contributed by atoms with van der Waals surface area (Å²) >= 11 is 0. The molecule has 0 N–H and O–H groups in total. The van der Waals surface area contributed by atoms with Gasteiger partial charge in [0.25, 0.3) is 0 Å². The van der Waals surface area contributed by atoms with E-state index < -0.39 is 10.2 Å². The highest BCUT2D eigenvalue weighted by atomic mass is 35.7. The molecule has 0 spiro atoms. The maximum Gasteiger partial charge on any atom is 0.213 e. The number of pyridine rings is 1. The fourth-order valence-corrected chi connectivity index (χ4v) is 3.42. The second kappa shape index (κ2) is 11.6. The monoisotopic (exact) mass is 477 g/mol. The SMILES string of the molecule is COc1ccc(/C=C\c2cc(-c3ccccc3)cc(-c3ccccc3)[n+]2C)cc1.[O-][Cl+3]([O-])([O-])[O-]. The molecule has 0 aliphatic carbocycles. The van der Waals surface area contributed by atoms with Gasteiger partial charge in [-0.2, -0.15) is 4.57 Å². The molecule has 0 aliphatic heterocycles. The summed E-state index contributed by atoms with van der Waals surface area (Å²) in [6.45, 7) is 0. The number of hydrogen-bond acceptors (Lipinski definition) is 5. The quantitative estimate of drug-likeness (QED) is 0.402. The summed E-state index contributed by atoms with van der Waals surface area (Å²) in [6, 6.07) is 33.6. The van der Waals surface area contributed by atoms with Crippen molar-refractivity contribution < 1.29 is 38.2 Å². The Morgan fingerprint density at radius 2 is 1.21 bits per heavy atom. The van der Waals surface area contributed by atoms with Crippen molar-refractivity contribution in [3.8, 4) is 28.1 Å². The van der Waals surface area contributed by atoms with Gasteiger partial charge in [-0.1, -0.05) is 60.7 Å². The van der Waals surface area contributed by atoms with Crippen LogP contribution in [0, 0.1) is 10.2 Å². The average Bonchev–Trinajstić information content (AvgIpc) is 2.84. The van der Waals surface area contributed by atoms with Gasteiger partial charge in [0.05, 0.1) is 7.11 Å². The van der Waals surface area contributed by atoms with Gasteiger partial charge < -0.3 is 4.74 Å². The topological polar surface area (TPSA) is 105 Å². The van der Waals surface area contributed by atoms with Gasteiger partial charge in [-0.25, -0.2) is 18.6 Å². The molecule has 6 nitrogen and oxygen atoms in total. The first kappa shape index (κ1) is 25.1. The highest BCUT2D eigenvalue weighted by Gasteiger charge is 2.16. The molecule has 0 saturated heterocycles. The molecule has 0 radical (unpaired) electrons. The third-order valence-corrected chi connectivity index (χ3v) is 5.08. The van der Waals surface area contributed by atoms with Crippen LogP contribution in [-0.2, 0) is 7.05 Å². The number of ether oxygens (including phenoxy) is 1. The van der Waals surface area contributed by atoms with Crippen molar-refractivity contribution in [2.75, 3.05) is 7.11 Å². The summed E-state index contributed by atoms with van der Waals surface area (Å²) in [5.74, 6) is 0.866. The third-order valence-electron chi connectivity index (χ3n) is 5.08. The van der Waals surface area contributed by atoms with Gasteiger partial charge in [0.2, 0.25) is 11.4 Å². The van der Waals surface area contributed by atoms with E-state index >= 15 is 0 Å². The molecule has 7 heteroatoms. The van der Waals surface area contributed by atoms with E-state index in [4.69, 9.17) is 23.4 Å². The molecule has 4 rings (SSSR count). The van der Waals surface area contributed by atoms with Crippen molar-refractivity contribution >= 4 is 12.2 Å². The second-order valence-corrected chi connectivity index (χ2v) is 8.09. The van der Waals surface area contributed by atoms with Crippen molar-refractivity contribution in [3.63, 3.8) is 0 Å². The fraction of sp³-hybridized carbons (Fsp3) is 0.0741. The Balaban J connectivity index is 0.000000588. The van der Waals surface area contributed by atoms with E-state index in [1.165, 1.54) is 22.4 Å². The highest BCUT2D eigenvalue weighted by Crippen LogP contribution is 2.25. The van der Waals surface area contributed by atoms with Crippen molar-refractivity contribution in [3.05, 3.63) is 108 Å². The first-order valence-electron chi connectivity index (χ1n) is 10.3. The van der Waals surface area contributed by atoms with E-state index in [0.29, 0.717) is 0 Å². The van der Waals surface area contributed by atoms with Crippen LogP contribution in [0.1, 0.15) is 11.3 Å². The highest BCUT2D eigenvalue weighted by molar-refractivity contribution is 5.74. The number of rotatable bonds is 5. The summed E-state index contributed by atoms with van der Waals surface area (Å²) in [7, 11) is -1.14. The van der Waals surface area contributed by atoms with E-state index in [1.807, 2.05) is 12.1 Å². The van der Waals surface area contributed by atoms with Gasteiger partial charge >= 0.3 is 0 Å². The zero-order valence-electron chi connectivity index (χ0n) is 18.8. The van der Waals surface area contributed by atoms with Crippen LogP contribution in [0.4, 0.5) is 0 Å². The zero-order valence-corrected chi connectivity index (χ0v) is 19.5. The summed E-state index contributed by atoms with van der Waals surface area (Å²) < 4.78 is 41.5. The van der Waals surface area contributed by atoms with Crippen molar-refractivity contribution in [1.82, 2.24) is 0 Å². The molecule has 34 heavy (non-hydrogen) atoms. The van der Waals surface area contributed by atoms with E-state index in [-0.39, 0.29) is 0 Å². The van der Waals surface area contributed by atoms with Gasteiger partial charge in [-0.3, -0.25) is 0 Å². The molecular weight excluding hydrogens is 454 g/mol. The summed E-state index contributed by atoms with van der Waals surface area (Å²) in [5, 5.41) is 0. The van der Waals surface area contributed by atoms with Crippen molar-refractivity contribution in [1.29, 1.82) is 0 Å². The molecule has 0 aliphatic rings. The molecule has 3 aromatic carbocycles. The van der Waals surface area contributed by atoms with Crippen LogP contribution in [0.5, 0.6) is 5.75 Å². The molecule has 174 valence electrons. The maximum atomic E-state index is 8.49. The second-order valence-electron chi connectivity index (χ2n) is 7.33. The Bertz CT molecular complexity index is 1220. The smallest absolute Gasteiger partial charge is 0.213 e. The van der Waals surface area contributed by atoms with Crippen LogP contribution >= 0.6 is 0 Å². The zero-order chi connectivity index (χ0) is 24.6. The summed E-state index contributed by atoms with van der Waals surface area (Å²) in [4.78, 5) is 0. The Labute approximate surface area is 201 Å². The molecule has 0 atom stereocenters. The fourth-order valence-electron chi connectivity index (χ4n) is 3.42. The number of methoxy groups -OCH3 is 1. The summed E-state index contributed by atoms with van der Waals surface area (Å²) in [6.07, 6.45) is 4.30. The van der Waals surface area contributed by atoms with Crippen LogP contribution < -0.4 is 27.9 Å². The molecule has 1 aromatic heterocycles. The molecule has 0 fully saturated rings. The molecule has 0 saturated carbocycles. The van der Waals surface area contributed by atoms with E-state index in [9.17, 15) is 0 Å². The third kappa shape index (κ3) is 7.52. The van der Waals surface area contributed by atoms with Crippen LogP contribution in [0.15, 0.2) is 97.1 Å². The normalized spacial score (nSPS) is 11.1. The van der Waals surface area contributed by atoms with Crippen LogP contribution in [0.3, 0.4) is 0 Å². The molecule has 0 unspecified atom stereocenters. The van der Waals surface area contributed by atoms with Gasteiger partial charge in [0.1, 0.15) is 12.8 Å². The molecule has 0 bridgehead atoms. The lowest BCUT2D eigenvalue weighted by molar-refractivity contribution is -2.00.